The SMILES string of the molecule is NNc1ncc([N+](=O)[O-])c(-n2ccc(C(F)(F)F)n2)n1. The van der Waals surface area contributed by atoms with Gasteiger partial charge in [0.1, 0.15) is 6.20 Å². The van der Waals surface area contributed by atoms with Crippen molar-refractivity contribution in [3.63, 3.8) is 0 Å². The van der Waals surface area contributed by atoms with E-state index in [0.717, 1.165) is 12.4 Å². The fourth-order valence-electron chi connectivity index (χ4n) is 1.33. The van der Waals surface area contributed by atoms with Crippen molar-refractivity contribution in [3.05, 3.63) is 34.3 Å². The lowest BCUT2D eigenvalue weighted by Crippen LogP contribution is -2.14. The van der Waals surface area contributed by atoms with Crippen molar-refractivity contribution in [2.45, 2.75) is 6.18 Å². The Morgan fingerprint density at radius 1 is 1.45 bits per heavy atom. The number of nitrogens with two attached hydrogens (primary N) is 1. The summed E-state index contributed by atoms with van der Waals surface area (Å²) in [7, 11) is 0. The van der Waals surface area contributed by atoms with Gasteiger partial charge >= 0.3 is 11.9 Å². The van der Waals surface area contributed by atoms with Crippen LogP contribution in [0, 0.1) is 10.1 Å². The van der Waals surface area contributed by atoms with E-state index < -0.39 is 28.3 Å². The van der Waals surface area contributed by atoms with Crippen LogP contribution < -0.4 is 11.3 Å². The van der Waals surface area contributed by atoms with Crippen LogP contribution in [0.25, 0.3) is 5.82 Å². The number of anilines is 1. The summed E-state index contributed by atoms with van der Waals surface area (Å²) in [6, 6.07) is 0.668. The number of rotatable bonds is 3. The number of nitrogens with one attached hydrogen (secondary N) is 1. The van der Waals surface area contributed by atoms with Crippen molar-refractivity contribution in [1.82, 2.24) is 19.7 Å². The third kappa shape index (κ3) is 2.49. The second kappa shape index (κ2) is 4.73. The van der Waals surface area contributed by atoms with Crippen LogP contribution in [-0.2, 0) is 6.18 Å². The molecule has 106 valence electrons. The topological polar surface area (TPSA) is 125 Å². The van der Waals surface area contributed by atoms with Crippen LogP contribution in [0.5, 0.6) is 0 Å². The molecule has 2 heterocycles. The van der Waals surface area contributed by atoms with Gasteiger partial charge < -0.3 is 0 Å². The summed E-state index contributed by atoms with van der Waals surface area (Å²) in [4.78, 5) is 17.1. The van der Waals surface area contributed by atoms with Crippen LogP contribution in [0.4, 0.5) is 24.8 Å². The molecular weight excluding hydrogens is 283 g/mol. The number of hydrazine groups is 1. The largest absolute Gasteiger partial charge is 0.435 e. The van der Waals surface area contributed by atoms with Crippen molar-refractivity contribution in [2.75, 3.05) is 5.43 Å². The molecular formula is C8H6F3N7O2. The minimum Gasteiger partial charge on any atom is -0.292 e. The molecule has 12 heteroatoms. The maximum absolute atomic E-state index is 12.4. The van der Waals surface area contributed by atoms with Crippen LogP contribution in [0.1, 0.15) is 5.69 Å². The lowest BCUT2D eigenvalue weighted by atomic mass is 10.4. The lowest BCUT2D eigenvalue weighted by molar-refractivity contribution is -0.385. The van der Waals surface area contributed by atoms with E-state index in [2.05, 4.69) is 15.1 Å². The first-order valence-electron chi connectivity index (χ1n) is 4.94. The minimum atomic E-state index is -4.66. The maximum Gasteiger partial charge on any atom is 0.435 e. The van der Waals surface area contributed by atoms with Crippen LogP contribution in [0.3, 0.4) is 0 Å². The number of nitro groups is 1. The molecule has 0 aromatic carbocycles. The Labute approximate surface area is 108 Å². The van der Waals surface area contributed by atoms with Crippen molar-refractivity contribution in [3.8, 4) is 5.82 Å². The summed E-state index contributed by atoms with van der Waals surface area (Å²) in [6.45, 7) is 0. The molecule has 0 amide bonds. The van der Waals surface area contributed by atoms with Crippen LogP contribution >= 0.6 is 0 Å². The van der Waals surface area contributed by atoms with Gasteiger partial charge in [-0.15, -0.1) is 0 Å². The average Bonchev–Trinajstić information content (AvgIpc) is 2.87. The second-order valence-electron chi connectivity index (χ2n) is 3.45. The quantitative estimate of drug-likeness (QED) is 0.488. The van der Waals surface area contributed by atoms with Gasteiger partial charge in [-0.3, -0.25) is 15.5 Å². The average molecular weight is 289 g/mol. The number of halogens is 3. The molecule has 0 fully saturated rings. The Bertz CT molecular complexity index is 654. The number of nitrogen functional groups attached to an aromatic ring is 1. The molecule has 3 N–H and O–H groups in total. The molecule has 0 bridgehead atoms. The van der Waals surface area contributed by atoms with Gasteiger partial charge in [0.05, 0.1) is 4.92 Å². The molecule has 0 saturated carbocycles. The van der Waals surface area contributed by atoms with E-state index in [4.69, 9.17) is 5.84 Å². The molecule has 0 saturated heterocycles. The lowest BCUT2D eigenvalue weighted by Gasteiger charge is -2.04. The molecule has 9 nitrogen and oxygen atoms in total. The molecule has 20 heavy (non-hydrogen) atoms. The number of alkyl halides is 3. The first-order valence-corrected chi connectivity index (χ1v) is 4.94. The highest BCUT2D eigenvalue weighted by atomic mass is 19.4. The van der Waals surface area contributed by atoms with E-state index in [1.54, 1.807) is 0 Å². The van der Waals surface area contributed by atoms with Gasteiger partial charge in [0.15, 0.2) is 5.69 Å². The Morgan fingerprint density at radius 3 is 2.65 bits per heavy atom. The van der Waals surface area contributed by atoms with Gasteiger partial charge in [0.25, 0.3) is 0 Å². The second-order valence-corrected chi connectivity index (χ2v) is 3.45. The monoisotopic (exact) mass is 289 g/mol. The van der Waals surface area contributed by atoms with Gasteiger partial charge in [-0.1, -0.05) is 0 Å². The third-order valence-electron chi connectivity index (χ3n) is 2.17. The highest BCUT2D eigenvalue weighted by Crippen LogP contribution is 2.29. The molecule has 0 aliphatic heterocycles. The van der Waals surface area contributed by atoms with Crippen LogP contribution in [0.15, 0.2) is 18.5 Å². The summed E-state index contributed by atoms with van der Waals surface area (Å²) < 4.78 is 38.0. The third-order valence-corrected chi connectivity index (χ3v) is 2.17. The summed E-state index contributed by atoms with van der Waals surface area (Å²) in [6.07, 6.45) is -2.95. The summed E-state index contributed by atoms with van der Waals surface area (Å²) in [5, 5.41) is 14.0. The highest BCUT2D eigenvalue weighted by Gasteiger charge is 2.34. The van der Waals surface area contributed by atoms with Crippen LogP contribution in [0.2, 0.25) is 0 Å². The van der Waals surface area contributed by atoms with E-state index in [9.17, 15) is 23.3 Å². The Morgan fingerprint density at radius 2 is 2.15 bits per heavy atom. The standard InChI is InChI=1S/C8H6F3N7O2/c9-8(10,11)5-1-2-17(16-5)6-4(18(19)20)3-13-7(14-6)15-12/h1-3H,12H2,(H,13,14,15). The van der Waals surface area contributed by atoms with Crippen molar-refractivity contribution in [1.29, 1.82) is 0 Å². The fraction of sp³-hybridized carbons (Fsp3) is 0.125. The van der Waals surface area contributed by atoms with E-state index in [1.807, 2.05) is 5.43 Å². The maximum atomic E-state index is 12.4. The Kier molecular flexibility index (Phi) is 3.23. The zero-order valence-corrected chi connectivity index (χ0v) is 9.50. The normalized spacial score (nSPS) is 11.4. The molecule has 0 aliphatic rings. The number of hydrogen-bond donors (Lipinski definition) is 2. The van der Waals surface area contributed by atoms with Gasteiger partial charge in [-0.25, -0.2) is 15.5 Å². The molecule has 0 aliphatic carbocycles. The predicted octanol–water partition coefficient (Wildman–Crippen LogP) is 0.875. The molecule has 2 rings (SSSR count). The van der Waals surface area contributed by atoms with E-state index >= 15 is 0 Å². The first-order chi connectivity index (χ1) is 9.32. The van der Waals surface area contributed by atoms with Gasteiger partial charge in [-0.05, 0) is 6.07 Å². The first kappa shape index (κ1) is 13.7. The van der Waals surface area contributed by atoms with Crippen molar-refractivity contribution >= 4 is 11.6 Å². The number of aromatic nitrogens is 4. The molecule has 2 aromatic rings. The predicted molar refractivity (Wildman–Crippen MR) is 58.6 cm³/mol. The van der Waals surface area contributed by atoms with Gasteiger partial charge in [0, 0.05) is 6.20 Å². The molecule has 2 aromatic heterocycles. The molecule has 0 radical (unpaired) electrons. The minimum absolute atomic E-state index is 0.199. The zero-order valence-electron chi connectivity index (χ0n) is 9.50. The zero-order chi connectivity index (χ0) is 14.9. The molecule has 0 atom stereocenters. The van der Waals surface area contributed by atoms with E-state index in [1.165, 1.54) is 0 Å². The summed E-state index contributed by atoms with van der Waals surface area (Å²) in [5.74, 6) is 4.41. The Hall–Kier alpha value is -2.76. The molecule has 0 spiro atoms. The van der Waals surface area contributed by atoms with Crippen molar-refractivity contribution < 1.29 is 18.1 Å². The smallest absolute Gasteiger partial charge is 0.292 e. The fourth-order valence-corrected chi connectivity index (χ4v) is 1.33. The highest BCUT2D eigenvalue weighted by molar-refractivity contribution is 5.48. The van der Waals surface area contributed by atoms with E-state index in [-0.39, 0.29) is 5.95 Å². The van der Waals surface area contributed by atoms with Gasteiger partial charge in [-0.2, -0.15) is 23.3 Å². The van der Waals surface area contributed by atoms with Crippen LogP contribution in [-0.4, -0.2) is 24.7 Å². The van der Waals surface area contributed by atoms with Crippen molar-refractivity contribution in [2.24, 2.45) is 5.84 Å². The summed E-state index contributed by atoms with van der Waals surface area (Å²) in [5.41, 5.74) is 0.221. The Balaban J connectivity index is 2.55. The summed E-state index contributed by atoms with van der Waals surface area (Å²) >= 11 is 0. The van der Waals surface area contributed by atoms with Gasteiger partial charge in [0.2, 0.25) is 11.8 Å². The van der Waals surface area contributed by atoms with E-state index in [0.29, 0.717) is 10.7 Å². The molecule has 0 unspecified atom stereocenters. The number of hydrogen-bond acceptors (Lipinski definition) is 7. The number of nitrogens with zero attached hydrogens (tertiary/aromatic N) is 5.